The van der Waals surface area contributed by atoms with Crippen LogP contribution in [0.25, 0.3) is 0 Å². The van der Waals surface area contributed by atoms with Crippen LogP contribution >= 0.6 is 0 Å². The first kappa shape index (κ1) is 17.7. The normalized spacial score (nSPS) is 11.4. The summed E-state index contributed by atoms with van der Waals surface area (Å²) in [4.78, 5) is 34.7. The molecule has 6 nitrogen and oxygen atoms in total. The fraction of sp³-hybridized carbons (Fsp3) is 0.438. The lowest BCUT2D eigenvalue weighted by atomic mass is 10.1. The predicted molar refractivity (Wildman–Crippen MR) is 81.8 cm³/mol. The van der Waals surface area contributed by atoms with Crippen molar-refractivity contribution in [2.45, 2.75) is 39.3 Å². The van der Waals surface area contributed by atoms with Crippen LogP contribution in [0.5, 0.6) is 0 Å². The third-order valence-electron chi connectivity index (χ3n) is 2.92. The summed E-state index contributed by atoms with van der Waals surface area (Å²) >= 11 is 0. The Hall–Kier alpha value is -2.37. The van der Waals surface area contributed by atoms with Gasteiger partial charge in [0.15, 0.2) is 0 Å². The first-order chi connectivity index (χ1) is 10.5. The van der Waals surface area contributed by atoms with E-state index in [0.717, 1.165) is 5.56 Å². The maximum absolute atomic E-state index is 12.1. The molecule has 1 atom stereocenters. The first-order valence-corrected chi connectivity index (χ1v) is 7.27. The average molecular weight is 306 g/mol. The zero-order chi connectivity index (χ0) is 16.4. The number of carbonyl (C=O) groups excluding carboxylic acids is 3. The van der Waals surface area contributed by atoms with Crippen LogP contribution in [-0.2, 0) is 25.7 Å². The van der Waals surface area contributed by atoms with E-state index in [-0.39, 0.29) is 31.3 Å². The molecule has 1 unspecified atom stereocenters. The van der Waals surface area contributed by atoms with E-state index in [9.17, 15) is 14.4 Å². The lowest BCUT2D eigenvalue weighted by Crippen LogP contribution is -2.41. The summed E-state index contributed by atoms with van der Waals surface area (Å²) in [5.41, 5.74) is 0.862. The van der Waals surface area contributed by atoms with E-state index in [4.69, 9.17) is 4.74 Å². The standard InChI is InChI=1S/C16H22N2O4/c1-3-17-15(20)10-9-14(18-12(2)19)16(21)22-11-13-7-5-4-6-8-13/h4-8,14H,3,9-11H2,1-2H3,(H,17,20)(H,18,19). The molecule has 6 heteroatoms. The monoisotopic (exact) mass is 306 g/mol. The van der Waals surface area contributed by atoms with E-state index < -0.39 is 12.0 Å². The number of rotatable bonds is 8. The van der Waals surface area contributed by atoms with Gasteiger partial charge in [0.1, 0.15) is 12.6 Å². The molecule has 1 aromatic rings. The van der Waals surface area contributed by atoms with Crippen molar-refractivity contribution in [3.05, 3.63) is 35.9 Å². The predicted octanol–water partition coefficient (Wildman–Crippen LogP) is 1.15. The third kappa shape index (κ3) is 6.88. The molecule has 120 valence electrons. The molecule has 0 saturated heterocycles. The fourth-order valence-corrected chi connectivity index (χ4v) is 1.88. The molecule has 22 heavy (non-hydrogen) atoms. The largest absolute Gasteiger partial charge is 0.459 e. The van der Waals surface area contributed by atoms with E-state index in [0.29, 0.717) is 6.54 Å². The van der Waals surface area contributed by atoms with Crippen molar-refractivity contribution in [3.63, 3.8) is 0 Å². The second-order valence-electron chi connectivity index (χ2n) is 4.84. The van der Waals surface area contributed by atoms with Gasteiger partial charge in [0.05, 0.1) is 0 Å². The van der Waals surface area contributed by atoms with Gasteiger partial charge in [-0.25, -0.2) is 4.79 Å². The number of ether oxygens (including phenoxy) is 1. The molecule has 0 fully saturated rings. The molecule has 0 aliphatic heterocycles. The van der Waals surface area contributed by atoms with E-state index in [1.807, 2.05) is 37.3 Å². The summed E-state index contributed by atoms with van der Waals surface area (Å²) in [7, 11) is 0. The minimum atomic E-state index is -0.816. The van der Waals surface area contributed by atoms with Crippen molar-refractivity contribution < 1.29 is 19.1 Å². The summed E-state index contributed by atoms with van der Waals surface area (Å²) in [6.45, 7) is 3.81. The maximum Gasteiger partial charge on any atom is 0.328 e. The zero-order valence-corrected chi connectivity index (χ0v) is 12.9. The zero-order valence-electron chi connectivity index (χ0n) is 12.9. The Morgan fingerprint density at radius 1 is 1.18 bits per heavy atom. The Bertz CT molecular complexity index is 502. The van der Waals surface area contributed by atoms with Crippen LogP contribution in [0.15, 0.2) is 30.3 Å². The Morgan fingerprint density at radius 3 is 2.45 bits per heavy atom. The van der Waals surface area contributed by atoms with Gasteiger partial charge < -0.3 is 15.4 Å². The third-order valence-corrected chi connectivity index (χ3v) is 2.92. The maximum atomic E-state index is 12.1. The highest BCUT2D eigenvalue weighted by atomic mass is 16.5. The minimum Gasteiger partial charge on any atom is -0.459 e. The van der Waals surface area contributed by atoms with Crippen LogP contribution in [0, 0.1) is 0 Å². The average Bonchev–Trinajstić information content (AvgIpc) is 2.50. The van der Waals surface area contributed by atoms with Crippen LogP contribution in [-0.4, -0.2) is 30.4 Å². The Kier molecular flexibility index (Phi) is 7.67. The smallest absolute Gasteiger partial charge is 0.328 e. The van der Waals surface area contributed by atoms with Crippen LogP contribution in [0.3, 0.4) is 0 Å². The molecule has 2 N–H and O–H groups in total. The fourth-order valence-electron chi connectivity index (χ4n) is 1.88. The molecule has 0 bridgehead atoms. The molecular weight excluding hydrogens is 284 g/mol. The van der Waals surface area contributed by atoms with E-state index >= 15 is 0 Å². The van der Waals surface area contributed by atoms with Crippen molar-refractivity contribution in [1.82, 2.24) is 10.6 Å². The SMILES string of the molecule is CCNC(=O)CCC(NC(C)=O)C(=O)OCc1ccccc1. The molecule has 0 aliphatic rings. The minimum absolute atomic E-state index is 0.136. The molecule has 2 amide bonds. The molecule has 0 aliphatic carbocycles. The Labute approximate surface area is 130 Å². The number of nitrogens with one attached hydrogen (secondary N) is 2. The van der Waals surface area contributed by atoms with Crippen LogP contribution in [0.1, 0.15) is 32.3 Å². The second-order valence-corrected chi connectivity index (χ2v) is 4.84. The summed E-state index contributed by atoms with van der Waals surface area (Å²) in [6, 6.07) is 8.44. The number of esters is 1. The first-order valence-electron chi connectivity index (χ1n) is 7.27. The van der Waals surface area contributed by atoms with Gasteiger partial charge >= 0.3 is 5.97 Å². The van der Waals surface area contributed by atoms with Gasteiger partial charge in [-0.3, -0.25) is 9.59 Å². The van der Waals surface area contributed by atoms with Crippen molar-refractivity contribution >= 4 is 17.8 Å². The van der Waals surface area contributed by atoms with E-state index in [1.54, 1.807) is 0 Å². The highest BCUT2D eigenvalue weighted by Crippen LogP contribution is 2.05. The summed E-state index contributed by atoms with van der Waals surface area (Å²) in [5, 5.41) is 5.17. The molecule has 0 heterocycles. The number of hydrogen-bond donors (Lipinski definition) is 2. The number of carbonyl (C=O) groups is 3. The van der Waals surface area contributed by atoms with Gasteiger partial charge in [-0.05, 0) is 18.9 Å². The molecular formula is C16H22N2O4. The van der Waals surface area contributed by atoms with Crippen LogP contribution < -0.4 is 10.6 Å². The van der Waals surface area contributed by atoms with E-state index in [2.05, 4.69) is 10.6 Å². The summed E-state index contributed by atoms with van der Waals surface area (Å²) < 4.78 is 5.20. The molecule has 1 rings (SSSR count). The number of benzene rings is 1. The summed E-state index contributed by atoms with van der Waals surface area (Å²) in [6.07, 6.45) is 0.359. The van der Waals surface area contributed by atoms with Crippen molar-refractivity contribution in [1.29, 1.82) is 0 Å². The number of hydrogen-bond acceptors (Lipinski definition) is 4. The lowest BCUT2D eigenvalue weighted by Gasteiger charge is -2.16. The van der Waals surface area contributed by atoms with Gasteiger partial charge in [0.25, 0.3) is 0 Å². The van der Waals surface area contributed by atoms with E-state index in [1.165, 1.54) is 6.92 Å². The molecule has 0 spiro atoms. The highest BCUT2D eigenvalue weighted by Gasteiger charge is 2.22. The quantitative estimate of drug-likeness (QED) is 0.706. The second kappa shape index (κ2) is 9.55. The highest BCUT2D eigenvalue weighted by molar-refractivity contribution is 5.84. The summed E-state index contributed by atoms with van der Waals surface area (Å²) in [5.74, 6) is -1.03. The lowest BCUT2D eigenvalue weighted by molar-refractivity contribution is -0.149. The van der Waals surface area contributed by atoms with Gasteiger partial charge in [0, 0.05) is 19.9 Å². The van der Waals surface area contributed by atoms with Gasteiger partial charge in [-0.2, -0.15) is 0 Å². The van der Waals surface area contributed by atoms with Crippen molar-refractivity contribution in [2.24, 2.45) is 0 Å². The topological polar surface area (TPSA) is 84.5 Å². The Morgan fingerprint density at radius 2 is 1.86 bits per heavy atom. The molecule has 0 saturated carbocycles. The van der Waals surface area contributed by atoms with Crippen LogP contribution in [0.4, 0.5) is 0 Å². The van der Waals surface area contributed by atoms with Gasteiger partial charge in [-0.1, -0.05) is 30.3 Å². The molecule has 0 aromatic heterocycles. The van der Waals surface area contributed by atoms with Gasteiger partial charge in [0.2, 0.25) is 11.8 Å². The van der Waals surface area contributed by atoms with Crippen molar-refractivity contribution in [3.8, 4) is 0 Å². The number of amides is 2. The van der Waals surface area contributed by atoms with Gasteiger partial charge in [-0.15, -0.1) is 0 Å². The van der Waals surface area contributed by atoms with Crippen molar-refractivity contribution in [2.75, 3.05) is 6.54 Å². The molecule has 1 aromatic carbocycles. The van der Waals surface area contributed by atoms with Crippen LogP contribution in [0.2, 0.25) is 0 Å². The Balaban J connectivity index is 2.52. The molecule has 0 radical (unpaired) electrons.